The number of nitrogens with zero attached hydrogens (tertiary/aromatic N) is 4. The van der Waals surface area contributed by atoms with Gasteiger partial charge in [0.25, 0.3) is 0 Å². The maximum absolute atomic E-state index is 2.86. The van der Waals surface area contributed by atoms with Gasteiger partial charge in [0.2, 0.25) is 0 Å². The summed E-state index contributed by atoms with van der Waals surface area (Å²) in [7, 11) is 0. The molecule has 1 fully saturated rings. The van der Waals surface area contributed by atoms with E-state index in [0.717, 1.165) is 12.1 Å². The molecule has 0 amide bonds. The fourth-order valence-corrected chi connectivity index (χ4v) is 7.78. The summed E-state index contributed by atoms with van der Waals surface area (Å²) >= 11 is -0.510. The summed E-state index contributed by atoms with van der Waals surface area (Å²) in [5.74, 6) is 0. The third kappa shape index (κ3) is 7.79. The molecule has 2 atom stereocenters. The molecule has 2 unspecified atom stereocenters. The van der Waals surface area contributed by atoms with Gasteiger partial charge < -0.3 is 0 Å². The monoisotopic (exact) mass is 396 g/mol. The van der Waals surface area contributed by atoms with Crippen LogP contribution in [0.4, 0.5) is 0 Å². The Bertz CT molecular complexity index is 270. The maximum atomic E-state index is 2.86. The summed E-state index contributed by atoms with van der Waals surface area (Å²) in [6, 6.07) is 1.48. The predicted octanol–water partition coefficient (Wildman–Crippen LogP) is 2.15. The molecule has 0 saturated carbocycles. The minimum atomic E-state index is -0.510. The average molecular weight is 397 g/mol. The number of rotatable bonds is 12. The first-order chi connectivity index (χ1) is 11.5. The molecule has 1 heterocycles. The Morgan fingerprint density at radius 3 is 1.71 bits per heavy atom. The second-order valence-corrected chi connectivity index (χ2v) is 11.2. The molecule has 24 heavy (non-hydrogen) atoms. The molecule has 4 nitrogen and oxygen atoms in total. The van der Waals surface area contributed by atoms with Crippen molar-refractivity contribution < 1.29 is 0 Å². The molecule has 0 aliphatic carbocycles. The number of hydrogen-bond donors (Lipinski definition) is 0. The van der Waals surface area contributed by atoms with Gasteiger partial charge in [-0.3, -0.25) is 0 Å². The molecule has 0 N–H and O–H groups in total. The van der Waals surface area contributed by atoms with Crippen LogP contribution in [0.5, 0.6) is 0 Å². The summed E-state index contributed by atoms with van der Waals surface area (Å²) < 4.78 is 2.86. The van der Waals surface area contributed by atoms with E-state index in [0.29, 0.717) is 0 Å². The van der Waals surface area contributed by atoms with Crippen LogP contribution >= 0.6 is 0 Å². The van der Waals surface area contributed by atoms with Crippen molar-refractivity contribution in [2.45, 2.75) is 66.5 Å². The Morgan fingerprint density at radius 1 is 0.792 bits per heavy atom. The Hall–Kier alpha value is 0.476. The van der Waals surface area contributed by atoms with Gasteiger partial charge in [-0.2, -0.15) is 0 Å². The molecule has 0 spiro atoms. The topological polar surface area (TPSA) is 13.0 Å². The van der Waals surface area contributed by atoms with Gasteiger partial charge in [0.15, 0.2) is 0 Å². The SMILES string of the molecule is CCN(CC)C(C)CCN1CC[N](CCC(C)N(CC)CC)[GaH][CH2]1. The zero-order valence-corrected chi connectivity index (χ0v) is 20.4. The van der Waals surface area contributed by atoms with E-state index in [2.05, 4.69) is 59.8 Å². The molecular weight excluding hydrogens is 354 g/mol. The summed E-state index contributed by atoms with van der Waals surface area (Å²) in [5, 5.41) is 1.44. The molecule has 0 bridgehead atoms. The zero-order chi connectivity index (χ0) is 17.9. The normalized spacial score (nSPS) is 19.7. The fraction of sp³-hybridized carbons (Fsp3) is 1.00. The van der Waals surface area contributed by atoms with E-state index < -0.39 is 17.6 Å². The summed E-state index contributed by atoms with van der Waals surface area (Å²) in [5.41, 5.74) is 0. The molecule has 1 aliphatic rings. The molecule has 142 valence electrons. The van der Waals surface area contributed by atoms with Crippen LogP contribution in [0, 0.1) is 0 Å². The van der Waals surface area contributed by atoms with Gasteiger partial charge in [-0.15, -0.1) is 0 Å². The minimum absolute atomic E-state index is 0.510. The molecule has 5 heteroatoms. The fourth-order valence-electron chi connectivity index (χ4n) is 4.03. The Morgan fingerprint density at radius 2 is 1.29 bits per heavy atom. The van der Waals surface area contributed by atoms with Crippen molar-refractivity contribution in [3.63, 3.8) is 0 Å². The van der Waals surface area contributed by atoms with E-state index in [-0.39, 0.29) is 0 Å². The van der Waals surface area contributed by atoms with Crippen molar-refractivity contribution >= 4 is 17.6 Å². The van der Waals surface area contributed by atoms with Gasteiger partial charge in [0, 0.05) is 0 Å². The van der Waals surface area contributed by atoms with Crippen LogP contribution in [0.25, 0.3) is 0 Å². The van der Waals surface area contributed by atoms with E-state index in [1.54, 1.807) is 0 Å². The van der Waals surface area contributed by atoms with E-state index in [1.165, 1.54) is 70.3 Å². The van der Waals surface area contributed by atoms with E-state index in [1.807, 2.05) is 0 Å². The second kappa shape index (κ2) is 12.8. The third-order valence-corrected chi connectivity index (χ3v) is 10.5. The Labute approximate surface area is 160 Å². The number of hydrogen-bond acceptors (Lipinski definition) is 4. The molecule has 0 aromatic carbocycles. The Kier molecular flexibility index (Phi) is 12.0. The van der Waals surface area contributed by atoms with Crippen molar-refractivity contribution in [3.05, 3.63) is 0 Å². The van der Waals surface area contributed by atoms with Gasteiger partial charge in [-0.05, 0) is 0 Å². The molecule has 1 rings (SSSR count). The van der Waals surface area contributed by atoms with Crippen molar-refractivity contribution in [2.24, 2.45) is 0 Å². The third-order valence-electron chi connectivity index (χ3n) is 6.06. The molecule has 0 aromatic rings. The van der Waals surface area contributed by atoms with Crippen LogP contribution < -0.4 is 0 Å². The van der Waals surface area contributed by atoms with Gasteiger partial charge >= 0.3 is 160 Å². The van der Waals surface area contributed by atoms with Gasteiger partial charge in [-0.25, -0.2) is 0 Å². The first-order valence-electron chi connectivity index (χ1n) is 10.5. The molecule has 0 radical (unpaired) electrons. The van der Waals surface area contributed by atoms with Crippen molar-refractivity contribution in [3.8, 4) is 0 Å². The van der Waals surface area contributed by atoms with Gasteiger partial charge in [0.1, 0.15) is 0 Å². The second-order valence-electron chi connectivity index (χ2n) is 7.40. The van der Waals surface area contributed by atoms with Crippen LogP contribution in [0.3, 0.4) is 0 Å². The molecule has 0 aromatic heterocycles. The standard InChI is InChI=1S/C19H42N4.Ga.H/c1-8-22(9-2)18(5)12-14-20-15-17-21(7)16-13-19(6)23(10-3)11-4;;/h18-19H,7-17H2,1-6H3;;/q-1;+1;. The average Bonchev–Trinajstić information content (AvgIpc) is 2.61. The molecular formula is C19H43GaN4. The first kappa shape index (κ1) is 22.5. The Balaban J connectivity index is 2.20. The van der Waals surface area contributed by atoms with Gasteiger partial charge in [-0.1, -0.05) is 0 Å². The summed E-state index contributed by atoms with van der Waals surface area (Å²) in [6.45, 7) is 24.0. The van der Waals surface area contributed by atoms with Crippen LogP contribution in [-0.4, -0.2) is 105 Å². The molecule has 1 saturated heterocycles. The van der Waals surface area contributed by atoms with E-state index in [4.69, 9.17) is 0 Å². The zero-order valence-electron chi connectivity index (χ0n) is 17.4. The van der Waals surface area contributed by atoms with Crippen LogP contribution in [0.15, 0.2) is 0 Å². The van der Waals surface area contributed by atoms with Crippen LogP contribution in [0.2, 0.25) is 0 Å². The van der Waals surface area contributed by atoms with Gasteiger partial charge in [0.05, 0.1) is 0 Å². The quantitative estimate of drug-likeness (QED) is 0.468. The summed E-state index contributed by atoms with van der Waals surface area (Å²) in [6.07, 6.45) is 2.69. The van der Waals surface area contributed by atoms with Crippen LogP contribution in [0.1, 0.15) is 54.4 Å². The molecule has 1 aliphatic heterocycles. The van der Waals surface area contributed by atoms with Crippen molar-refractivity contribution in [1.29, 1.82) is 0 Å². The van der Waals surface area contributed by atoms with Crippen molar-refractivity contribution in [1.82, 2.24) is 18.3 Å². The van der Waals surface area contributed by atoms with E-state index >= 15 is 0 Å². The van der Waals surface area contributed by atoms with Crippen molar-refractivity contribution in [2.75, 3.05) is 57.5 Å². The van der Waals surface area contributed by atoms with E-state index in [9.17, 15) is 0 Å². The first-order valence-corrected chi connectivity index (χ1v) is 13.9. The van der Waals surface area contributed by atoms with Crippen LogP contribution in [-0.2, 0) is 0 Å². The summed E-state index contributed by atoms with van der Waals surface area (Å²) in [4.78, 5) is 7.94. The predicted molar refractivity (Wildman–Crippen MR) is 109 cm³/mol.